The Hall–Kier alpha value is -2.37. The van der Waals surface area contributed by atoms with E-state index in [0.717, 1.165) is 5.56 Å². The average molecular weight is 326 g/mol. The van der Waals surface area contributed by atoms with Crippen molar-refractivity contribution in [2.24, 2.45) is 5.73 Å². The van der Waals surface area contributed by atoms with Crippen LogP contribution in [0.2, 0.25) is 0 Å². The zero-order valence-electron chi connectivity index (χ0n) is 13.4. The van der Waals surface area contributed by atoms with E-state index in [1.165, 1.54) is 0 Å². The lowest BCUT2D eigenvalue weighted by molar-refractivity contribution is -0.123. The summed E-state index contributed by atoms with van der Waals surface area (Å²) in [4.78, 5) is 11.8. The van der Waals surface area contributed by atoms with Gasteiger partial charge in [0.05, 0.1) is 11.6 Å². The van der Waals surface area contributed by atoms with Crippen molar-refractivity contribution in [1.29, 1.82) is 0 Å². The third-order valence-electron chi connectivity index (χ3n) is 4.19. The molecule has 0 spiro atoms. The van der Waals surface area contributed by atoms with Gasteiger partial charge in [-0.1, -0.05) is 42.5 Å². The number of hydrogen-bond acceptors (Lipinski definition) is 4. The lowest BCUT2D eigenvalue weighted by Gasteiger charge is -2.15. The fourth-order valence-electron chi connectivity index (χ4n) is 2.40. The number of nitrogens with two attached hydrogens (primary N) is 1. The Bertz CT molecular complexity index is 699. The van der Waals surface area contributed by atoms with Gasteiger partial charge < -0.3 is 20.9 Å². The number of hydrogen-bond donors (Lipinski definition) is 3. The second-order valence-electron chi connectivity index (χ2n) is 6.23. The molecule has 1 aliphatic carbocycles. The second kappa shape index (κ2) is 7.03. The quantitative estimate of drug-likeness (QED) is 0.725. The number of amides is 1. The molecule has 1 atom stereocenters. The van der Waals surface area contributed by atoms with Gasteiger partial charge in [-0.05, 0) is 36.1 Å². The molecule has 4 N–H and O–H groups in total. The molecule has 0 bridgehead atoms. The highest BCUT2D eigenvalue weighted by Gasteiger charge is 2.45. The van der Waals surface area contributed by atoms with E-state index < -0.39 is 11.6 Å². The minimum atomic E-state index is -0.795. The summed E-state index contributed by atoms with van der Waals surface area (Å²) in [5.74, 6) is 0.484. The van der Waals surface area contributed by atoms with Gasteiger partial charge in [0.1, 0.15) is 12.4 Å². The highest BCUT2D eigenvalue weighted by atomic mass is 16.5. The molecule has 5 heteroatoms. The van der Waals surface area contributed by atoms with E-state index in [4.69, 9.17) is 10.5 Å². The maximum atomic E-state index is 11.8. The molecule has 0 radical (unpaired) electrons. The Morgan fingerprint density at radius 2 is 1.96 bits per heavy atom. The van der Waals surface area contributed by atoms with Gasteiger partial charge in [-0.2, -0.15) is 0 Å². The Labute approximate surface area is 141 Å². The molecule has 1 fully saturated rings. The monoisotopic (exact) mass is 326 g/mol. The number of ether oxygens (including phenoxy) is 1. The molecule has 2 aromatic rings. The van der Waals surface area contributed by atoms with Crippen LogP contribution in [0, 0.1) is 0 Å². The van der Waals surface area contributed by atoms with Crippen LogP contribution < -0.4 is 15.8 Å². The molecular weight excluding hydrogens is 304 g/mol. The molecule has 1 saturated carbocycles. The predicted molar refractivity (Wildman–Crippen MR) is 91.3 cm³/mol. The smallest absolute Gasteiger partial charge is 0.240 e. The number of rotatable bonds is 7. The van der Waals surface area contributed by atoms with Gasteiger partial charge in [0, 0.05) is 6.54 Å². The summed E-state index contributed by atoms with van der Waals surface area (Å²) in [5.41, 5.74) is 6.87. The van der Waals surface area contributed by atoms with Crippen LogP contribution in [0.1, 0.15) is 30.1 Å². The SMILES string of the molecule is NC1(C(=O)NCC(O)c2cccc(OCc3ccccc3)c2)CC1. The van der Waals surface area contributed by atoms with Crippen LogP contribution in [0.25, 0.3) is 0 Å². The van der Waals surface area contributed by atoms with Crippen LogP contribution in [-0.2, 0) is 11.4 Å². The van der Waals surface area contributed by atoms with Crippen molar-refractivity contribution in [3.63, 3.8) is 0 Å². The van der Waals surface area contributed by atoms with Crippen LogP contribution in [-0.4, -0.2) is 23.1 Å². The summed E-state index contributed by atoms with van der Waals surface area (Å²) >= 11 is 0. The summed E-state index contributed by atoms with van der Waals surface area (Å²) in [5, 5.41) is 13.0. The first-order valence-electron chi connectivity index (χ1n) is 8.09. The van der Waals surface area contributed by atoms with Crippen LogP contribution in [0.5, 0.6) is 5.75 Å². The predicted octanol–water partition coefficient (Wildman–Crippen LogP) is 1.91. The zero-order chi connectivity index (χ0) is 17.0. The Kier molecular flexibility index (Phi) is 4.83. The third kappa shape index (κ3) is 4.13. The van der Waals surface area contributed by atoms with E-state index in [1.54, 1.807) is 6.07 Å². The van der Waals surface area contributed by atoms with E-state index in [0.29, 0.717) is 30.8 Å². The third-order valence-corrected chi connectivity index (χ3v) is 4.19. The number of carbonyl (C=O) groups excluding carboxylic acids is 1. The lowest BCUT2D eigenvalue weighted by atomic mass is 10.1. The largest absolute Gasteiger partial charge is 0.489 e. The normalized spacial score (nSPS) is 16.2. The molecule has 1 aliphatic rings. The lowest BCUT2D eigenvalue weighted by Crippen LogP contribution is -2.44. The van der Waals surface area contributed by atoms with Crippen LogP contribution in [0.3, 0.4) is 0 Å². The second-order valence-corrected chi connectivity index (χ2v) is 6.23. The van der Waals surface area contributed by atoms with Crippen molar-refractivity contribution < 1.29 is 14.6 Å². The van der Waals surface area contributed by atoms with Gasteiger partial charge in [-0.15, -0.1) is 0 Å². The minimum absolute atomic E-state index is 0.139. The molecule has 5 nitrogen and oxygen atoms in total. The summed E-state index contributed by atoms with van der Waals surface area (Å²) in [6.45, 7) is 0.604. The van der Waals surface area contributed by atoms with Gasteiger partial charge in [0.15, 0.2) is 0 Å². The Morgan fingerprint density at radius 3 is 2.67 bits per heavy atom. The molecule has 2 aromatic carbocycles. The molecule has 0 heterocycles. The molecule has 1 amide bonds. The van der Waals surface area contributed by atoms with Gasteiger partial charge >= 0.3 is 0 Å². The molecule has 0 aliphatic heterocycles. The Morgan fingerprint density at radius 1 is 1.21 bits per heavy atom. The molecule has 3 rings (SSSR count). The zero-order valence-corrected chi connectivity index (χ0v) is 13.4. The van der Waals surface area contributed by atoms with Crippen molar-refractivity contribution in [1.82, 2.24) is 5.32 Å². The van der Waals surface area contributed by atoms with Crippen LogP contribution in [0.15, 0.2) is 54.6 Å². The van der Waals surface area contributed by atoms with Crippen molar-refractivity contribution in [3.05, 3.63) is 65.7 Å². The van der Waals surface area contributed by atoms with Gasteiger partial charge in [-0.25, -0.2) is 0 Å². The number of carbonyl (C=O) groups is 1. The van der Waals surface area contributed by atoms with Crippen molar-refractivity contribution in [3.8, 4) is 5.75 Å². The molecule has 0 saturated heterocycles. The number of aliphatic hydroxyl groups excluding tert-OH is 1. The van der Waals surface area contributed by atoms with E-state index in [1.807, 2.05) is 48.5 Å². The first-order chi connectivity index (χ1) is 11.6. The van der Waals surface area contributed by atoms with Crippen molar-refractivity contribution in [2.75, 3.05) is 6.54 Å². The number of benzene rings is 2. The fraction of sp³-hybridized carbons (Fsp3) is 0.316. The van der Waals surface area contributed by atoms with Crippen LogP contribution in [0.4, 0.5) is 0 Å². The van der Waals surface area contributed by atoms with Gasteiger partial charge in [0.25, 0.3) is 0 Å². The number of aliphatic hydroxyl groups is 1. The average Bonchev–Trinajstić information content (AvgIpc) is 3.37. The minimum Gasteiger partial charge on any atom is -0.489 e. The molecule has 126 valence electrons. The van der Waals surface area contributed by atoms with E-state index >= 15 is 0 Å². The molecule has 0 aromatic heterocycles. The summed E-state index contributed by atoms with van der Waals surface area (Å²) in [6, 6.07) is 17.1. The highest BCUT2D eigenvalue weighted by molar-refractivity contribution is 5.88. The molecule has 1 unspecified atom stereocenters. The summed E-state index contributed by atoms with van der Waals surface area (Å²) in [6.07, 6.45) is 0.617. The first kappa shape index (κ1) is 16.5. The maximum absolute atomic E-state index is 11.8. The van der Waals surface area contributed by atoms with Crippen molar-refractivity contribution in [2.45, 2.75) is 31.1 Å². The summed E-state index contributed by atoms with van der Waals surface area (Å²) < 4.78 is 5.75. The van der Waals surface area contributed by atoms with Gasteiger partial charge in [-0.3, -0.25) is 4.79 Å². The Balaban J connectivity index is 1.54. The topological polar surface area (TPSA) is 84.6 Å². The highest BCUT2D eigenvalue weighted by Crippen LogP contribution is 2.32. The van der Waals surface area contributed by atoms with E-state index in [-0.39, 0.29) is 12.5 Å². The summed E-state index contributed by atoms with van der Waals surface area (Å²) in [7, 11) is 0. The number of nitrogens with one attached hydrogen (secondary N) is 1. The van der Waals surface area contributed by atoms with Crippen molar-refractivity contribution >= 4 is 5.91 Å². The molecule has 24 heavy (non-hydrogen) atoms. The van der Waals surface area contributed by atoms with Crippen LogP contribution >= 0.6 is 0 Å². The maximum Gasteiger partial charge on any atom is 0.240 e. The van der Waals surface area contributed by atoms with Gasteiger partial charge in [0.2, 0.25) is 5.91 Å². The first-order valence-corrected chi connectivity index (χ1v) is 8.09. The fourth-order valence-corrected chi connectivity index (χ4v) is 2.40. The van der Waals surface area contributed by atoms with E-state index in [2.05, 4.69) is 5.32 Å². The van der Waals surface area contributed by atoms with E-state index in [9.17, 15) is 9.90 Å². The molecular formula is C19H22N2O3. The standard InChI is InChI=1S/C19H22N2O3/c20-19(9-10-19)18(23)21-12-17(22)15-7-4-8-16(11-15)24-13-14-5-2-1-3-6-14/h1-8,11,17,22H,9-10,12-13,20H2,(H,21,23).